The Morgan fingerprint density at radius 1 is 1.18 bits per heavy atom. The van der Waals surface area contributed by atoms with Crippen LogP contribution in [0.2, 0.25) is 0 Å². The molecule has 0 amide bonds. The second kappa shape index (κ2) is 5.61. The highest BCUT2D eigenvalue weighted by Crippen LogP contribution is 2.34. The second-order valence-electron chi connectivity index (χ2n) is 7.13. The number of fused-ring (bicyclic) bond motifs is 1. The lowest BCUT2D eigenvalue weighted by molar-refractivity contribution is 0.386. The van der Waals surface area contributed by atoms with Gasteiger partial charge in [-0.1, -0.05) is 19.3 Å². The third kappa shape index (κ3) is 3.00. The van der Waals surface area contributed by atoms with E-state index in [-0.39, 0.29) is 0 Å². The molecular weight excluding hydrogens is 284 g/mol. The fraction of sp³-hybridized carbons (Fsp3) is 0.588. The van der Waals surface area contributed by atoms with Crippen LogP contribution in [0.1, 0.15) is 57.7 Å². The molecule has 1 aromatic carbocycles. The summed E-state index contributed by atoms with van der Waals surface area (Å²) in [6.45, 7) is 4.41. The molecule has 1 heterocycles. The van der Waals surface area contributed by atoms with Gasteiger partial charge in [0.25, 0.3) is 0 Å². The van der Waals surface area contributed by atoms with Gasteiger partial charge in [-0.25, -0.2) is 13.8 Å². The van der Waals surface area contributed by atoms with E-state index in [2.05, 4.69) is 4.98 Å². The number of rotatable bonds is 3. The van der Waals surface area contributed by atoms with Crippen molar-refractivity contribution in [2.75, 3.05) is 0 Å². The number of benzene rings is 1. The fourth-order valence-electron chi connectivity index (χ4n) is 3.38. The largest absolute Gasteiger partial charge is 0.326 e. The van der Waals surface area contributed by atoms with Gasteiger partial charge in [0.15, 0.2) is 11.6 Å². The van der Waals surface area contributed by atoms with Gasteiger partial charge in [0, 0.05) is 30.1 Å². The Kier molecular flexibility index (Phi) is 3.93. The smallest absolute Gasteiger partial charge is 0.161 e. The first-order valence-electron chi connectivity index (χ1n) is 7.99. The number of nitrogens with zero attached hydrogens (tertiary/aromatic N) is 2. The van der Waals surface area contributed by atoms with Crippen LogP contribution >= 0.6 is 0 Å². The summed E-state index contributed by atoms with van der Waals surface area (Å²) in [5.41, 5.74) is 6.88. The molecule has 3 nitrogen and oxygen atoms in total. The van der Waals surface area contributed by atoms with Crippen LogP contribution in [0, 0.1) is 11.6 Å². The molecule has 3 rings (SSSR count). The molecular formula is C17H23F2N3. The molecule has 0 radical (unpaired) electrons. The highest BCUT2D eigenvalue weighted by molar-refractivity contribution is 5.76. The quantitative estimate of drug-likeness (QED) is 0.927. The van der Waals surface area contributed by atoms with Crippen molar-refractivity contribution in [2.45, 2.75) is 64.0 Å². The molecule has 1 aliphatic rings. The van der Waals surface area contributed by atoms with Crippen LogP contribution < -0.4 is 5.73 Å². The zero-order valence-electron chi connectivity index (χ0n) is 13.2. The number of hydrogen-bond acceptors (Lipinski definition) is 2. The Morgan fingerprint density at radius 3 is 2.45 bits per heavy atom. The minimum Gasteiger partial charge on any atom is -0.326 e. The van der Waals surface area contributed by atoms with Crippen molar-refractivity contribution in [3.63, 3.8) is 0 Å². The van der Waals surface area contributed by atoms with Crippen LogP contribution in [0.15, 0.2) is 12.1 Å². The molecule has 0 aliphatic heterocycles. The Hall–Kier alpha value is -1.49. The van der Waals surface area contributed by atoms with Crippen molar-refractivity contribution in [3.8, 4) is 0 Å². The average molecular weight is 307 g/mol. The summed E-state index contributed by atoms with van der Waals surface area (Å²) in [5.74, 6) is -0.397. The Balaban J connectivity index is 2.14. The number of aromatic nitrogens is 2. The van der Waals surface area contributed by atoms with Crippen molar-refractivity contribution < 1.29 is 8.78 Å². The van der Waals surface area contributed by atoms with Crippen LogP contribution in [0.4, 0.5) is 8.78 Å². The highest BCUT2D eigenvalue weighted by Gasteiger charge is 2.25. The summed E-state index contributed by atoms with van der Waals surface area (Å²) in [6.07, 6.45) is 5.78. The maximum absolute atomic E-state index is 13.7. The molecule has 0 spiro atoms. The van der Waals surface area contributed by atoms with E-state index in [0.717, 1.165) is 18.7 Å². The first kappa shape index (κ1) is 15.4. The third-order valence-electron chi connectivity index (χ3n) is 4.36. The van der Waals surface area contributed by atoms with Gasteiger partial charge in [-0.15, -0.1) is 0 Å². The topological polar surface area (TPSA) is 43.8 Å². The van der Waals surface area contributed by atoms with Crippen LogP contribution in [0.5, 0.6) is 0 Å². The summed E-state index contributed by atoms with van der Waals surface area (Å²) in [7, 11) is 0. The van der Waals surface area contributed by atoms with Gasteiger partial charge in [0.05, 0.1) is 11.0 Å². The minimum absolute atomic E-state index is 0.356. The maximum Gasteiger partial charge on any atom is 0.161 e. The highest BCUT2D eigenvalue weighted by atomic mass is 19.2. The van der Waals surface area contributed by atoms with E-state index in [1.54, 1.807) is 0 Å². The molecule has 5 heteroatoms. The van der Waals surface area contributed by atoms with Crippen molar-refractivity contribution in [1.82, 2.24) is 9.55 Å². The van der Waals surface area contributed by atoms with Gasteiger partial charge in [-0.2, -0.15) is 0 Å². The molecule has 0 bridgehead atoms. The Labute approximate surface area is 129 Å². The molecule has 22 heavy (non-hydrogen) atoms. The van der Waals surface area contributed by atoms with Crippen LogP contribution in [-0.2, 0) is 6.54 Å². The maximum atomic E-state index is 13.7. The fourth-order valence-corrected chi connectivity index (χ4v) is 3.38. The van der Waals surface area contributed by atoms with E-state index in [4.69, 9.17) is 5.73 Å². The van der Waals surface area contributed by atoms with Gasteiger partial charge < -0.3 is 10.3 Å². The monoisotopic (exact) mass is 307 g/mol. The molecule has 0 unspecified atom stereocenters. The van der Waals surface area contributed by atoms with E-state index in [0.29, 0.717) is 23.5 Å². The van der Waals surface area contributed by atoms with E-state index in [1.165, 1.54) is 31.4 Å². The Bertz CT molecular complexity index is 679. The summed E-state index contributed by atoms with van der Waals surface area (Å²) < 4.78 is 29.2. The van der Waals surface area contributed by atoms with Crippen LogP contribution in [-0.4, -0.2) is 15.1 Å². The third-order valence-corrected chi connectivity index (χ3v) is 4.36. The lowest BCUT2D eigenvalue weighted by atomic mass is 9.88. The first-order valence-corrected chi connectivity index (χ1v) is 7.99. The van der Waals surface area contributed by atoms with Gasteiger partial charge in [-0.3, -0.25) is 0 Å². The molecule has 1 aliphatic carbocycles. The lowest BCUT2D eigenvalue weighted by Crippen LogP contribution is -2.37. The van der Waals surface area contributed by atoms with Crippen LogP contribution in [0.3, 0.4) is 0 Å². The number of hydrogen-bond donors (Lipinski definition) is 1. The standard InChI is InChI=1S/C17H23F2N3/c1-17(2,20)10-22-15-9-13(19)12(18)8-14(15)21-16(22)11-6-4-3-5-7-11/h8-9,11H,3-7,10,20H2,1-2H3. The van der Waals surface area contributed by atoms with Crippen molar-refractivity contribution in [3.05, 3.63) is 29.6 Å². The van der Waals surface area contributed by atoms with E-state index in [9.17, 15) is 8.78 Å². The second-order valence-corrected chi connectivity index (χ2v) is 7.13. The number of nitrogens with two attached hydrogens (primary N) is 1. The lowest BCUT2D eigenvalue weighted by Gasteiger charge is -2.26. The van der Waals surface area contributed by atoms with Crippen molar-refractivity contribution >= 4 is 11.0 Å². The predicted octanol–water partition coefficient (Wildman–Crippen LogP) is 4.10. The first-order chi connectivity index (χ1) is 10.3. The van der Waals surface area contributed by atoms with Crippen molar-refractivity contribution in [2.24, 2.45) is 5.73 Å². The summed E-state index contributed by atoms with van der Waals surface area (Å²) in [4.78, 5) is 4.62. The van der Waals surface area contributed by atoms with Crippen LogP contribution in [0.25, 0.3) is 11.0 Å². The summed E-state index contributed by atoms with van der Waals surface area (Å²) >= 11 is 0. The van der Waals surface area contributed by atoms with E-state index < -0.39 is 17.2 Å². The predicted molar refractivity (Wildman–Crippen MR) is 83.7 cm³/mol. The van der Waals surface area contributed by atoms with Gasteiger partial charge in [0.1, 0.15) is 5.82 Å². The molecule has 0 saturated heterocycles. The zero-order valence-corrected chi connectivity index (χ0v) is 13.2. The summed E-state index contributed by atoms with van der Waals surface area (Å²) in [5, 5.41) is 0. The molecule has 120 valence electrons. The minimum atomic E-state index is -0.848. The molecule has 2 N–H and O–H groups in total. The van der Waals surface area contributed by atoms with Crippen molar-refractivity contribution in [1.29, 1.82) is 0 Å². The molecule has 0 atom stereocenters. The van der Waals surface area contributed by atoms with Gasteiger partial charge >= 0.3 is 0 Å². The zero-order chi connectivity index (χ0) is 15.9. The number of halogens is 2. The van der Waals surface area contributed by atoms with E-state index in [1.807, 2.05) is 18.4 Å². The molecule has 1 saturated carbocycles. The number of imidazole rings is 1. The SMILES string of the molecule is CC(C)(N)Cn1c(C2CCCCC2)nc2cc(F)c(F)cc21. The Morgan fingerprint density at radius 2 is 1.82 bits per heavy atom. The van der Waals surface area contributed by atoms with Gasteiger partial charge in [-0.05, 0) is 26.7 Å². The molecule has 1 fully saturated rings. The summed E-state index contributed by atoms with van der Waals surface area (Å²) in [6, 6.07) is 2.44. The van der Waals surface area contributed by atoms with E-state index >= 15 is 0 Å². The normalized spacial score (nSPS) is 17.3. The average Bonchev–Trinajstić information content (AvgIpc) is 2.77. The molecule has 2 aromatic rings. The van der Waals surface area contributed by atoms with Gasteiger partial charge in [0.2, 0.25) is 0 Å². The molecule has 1 aromatic heterocycles.